The summed E-state index contributed by atoms with van der Waals surface area (Å²) in [5.74, 6) is 6.08. The van der Waals surface area contributed by atoms with E-state index >= 15 is 0 Å². The van der Waals surface area contributed by atoms with Crippen molar-refractivity contribution in [3.63, 3.8) is 0 Å². The number of thioether (sulfide) groups is 8. The molecule has 4 nitrogen and oxygen atoms in total. The fraction of sp³-hybridized carbons (Fsp3) is 0.941. The Kier molecular flexibility index (Phi) is 30.7. The predicted octanol–water partition coefficient (Wildman–Crippen LogP) is 5.91. The first-order valence-electron chi connectivity index (χ1n) is 9.36. The Bertz CT molecular complexity index is 343. The molecule has 1 N–H and O–H groups in total. The number of hydrogen-bond acceptors (Lipinski definition) is 12. The van der Waals surface area contributed by atoms with Crippen LogP contribution in [0.3, 0.4) is 0 Å². The number of rotatable bonds is 24. The smallest absolute Gasteiger partial charge is 0.189 e. The second-order valence-electron chi connectivity index (χ2n) is 5.10. The van der Waals surface area contributed by atoms with Gasteiger partial charge in [0.1, 0.15) is 0 Å². The molecule has 174 valence electrons. The van der Waals surface area contributed by atoms with Gasteiger partial charge in [-0.15, -0.1) is 35.3 Å². The molecule has 0 heterocycles. The van der Waals surface area contributed by atoms with Crippen LogP contribution < -0.4 is 0 Å². The number of aliphatic hydroxyl groups is 1. The minimum absolute atomic E-state index is 0.128. The maximum absolute atomic E-state index is 11.8. The third kappa shape index (κ3) is 28.3. The molecule has 0 spiro atoms. The number of aliphatic hydroxyl groups excluding tert-OH is 1. The molecule has 0 rings (SSSR count). The summed E-state index contributed by atoms with van der Waals surface area (Å²) in [7, 11) is 0. The van der Waals surface area contributed by atoms with E-state index in [1.807, 2.05) is 70.6 Å². The summed E-state index contributed by atoms with van der Waals surface area (Å²) in [6.07, 6.45) is 1.66. The molecule has 0 amide bonds. The molecule has 0 aliphatic rings. The molecule has 0 saturated heterocycles. The van der Waals surface area contributed by atoms with E-state index in [2.05, 4.69) is 6.92 Å². The highest BCUT2D eigenvalue weighted by atomic mass is 32.2. The highest BCUT2D eigenvalue weighted by Crippen LogP contribution is 2.21. The van der Waals surface area contributed by atoms with Gasteiger partial charge >= 0.3 is 0 Å². The number of carbonyl (C=O) groups is 1. The van der Waals surface area contributed by atoms with Crippen LogP contribution in [0.4, 0.5) is 0 Å². The van der Waals surface area contributed by atoms with Gasteiger partial charge in [-0.2, -0.15) is 47.0 Å². The average Bonchev–Trinajstić information content (AvgIpc) is 2.72. The van der Waals surface area contributed by atoms with Crippen molar-refractivity contribution in [3.05, 3.63) is 0 Å². The highest BCUT2D eigenvalue weighted by Gasteiger charge is 2.03. The molecule has 0 atom stereocenters. The van der Waals surface area contributed by atoms with E-state index < -0.39 is 0 Å². The largest absolute Gasteiger partial charge is 0.386 e. The molecule has 29 heavy (non-hydrogen) atoms. The molecular weight excluding hydrogens is 525 g/mol. The number of hydrogen-bond donors (Lipinski definition) is 1. The fourth-order valence-corrected chi connectivity index (χ4v) is 9.61. The Balaban J connectivity index is 3.12. The zero-order valence-corrected chi connectivity index (χ0v) is 23.6. The quantitative estimate of drug-likeness (QED) is 0.0663. The van der Waals surface area contributed by atoms with Crippen molar-refractivity contribution >= 4 is 99.2 Å². The summed E-state index contributed by atoms with van der Waals surface area (Å²) in [5, 5.41) is 13.4. The van der Waals surface area contributed by atoms with Crippen molar-refractivity contribution in [2.24, 2.45) is 0 Å². The molecule has 0 aromatic rings. The third-order valence-corrected chi connectivity index (χ3v) is 11.9. The van der Waals surface area contributed by atoms with Gasteiger partial charge in [0.2, 0.25) is 0 Å². The van der Waals surface area contributed by atoms with Crippen LogP contribution in [0.25, 0.3) is 0 Å². The maximum atomic E-state index is 11.8. The van der Waals surface area contributed by atoms with E-state index in [0.717, 1.165) is 50.4 Å². The van der Waals surface area contributed by atoms with Crippen molar-refractivity contribution in [1.29, 1.82) is 0 Å². The standard InChI is InChI=1S/C17H34O4S8/c1-2-22-13-27-16-26-10-11-29-17(19)4-8-25-15-28-14-24-7-3-5-20-21-6-9-23-12-18/h18H,2-16H2,1H3. The topological polar surface area (TPSA) is 55.8 Å². The van der Waals surface area contributed by atoms with Crippen molar-refractivity contribution in [2.45, 2.75) is 19.8 Å². The van der Waals surface area contributed by atoms with Crippen LogP contribution in [0.15, 0.2) is 0 Å². The monoisotopic (exact) mass is 558 g/mol. The van der Waals surface area contributed by atoms with Crippen LogP contribution in [-0.4, -0.2) is 84.2 Å². The van der Waals surface area contributed by atoms with Gasteiger partial charge in [0.25, 0.3) is 0 Å². The summed E-state index contributed by atoms with van der Waals surface area (Å²) >= 11 is 14.5. The second kappa shape index (κ2) is 28.4. The van der Waals surface area contributed by atoms with E-state index in [4.69, 9.17) is 14.9 Å². The molecule has 0 aromatic carbocycles. The van der Waals surface area contributed by atoms with E-state index in [1.54, 1.807) is 0 Å². The lowest BCUT2D eigenvalue weighted by Crippen LogP contribution is -2.02. The molecular formula is C17H34O4S8. The minimum Gasteiger partial charge on any atom is -0.386 e. The van der Waals surface area contributed by atoms with Crippen LogP contribution in [0.1, 0.15) is 19.8 Å². The lowest BCUT2D eigenvalue weighted by Gasteiger charge is -2.04. The molecule has 0 aromatic heterocycles. The Morgan fingerprint density at radius 3 is 2.10 bits per heavy atom. The minimum atomic E-state index is 0.128. The predicted molar refractivity (Wildman–Crippen MR) is 148 cm³/mol. The first-order valence-corrected chi connectivity index (χ1v) is 18.4. The van der Waals surface area contributed by atoms with Gasteiger partial charge in [-0.05, 0) is 17.9 Å². The van der Waals surface area contributed by atoms with Crippen molar-refractivity contribution in [1.82, 2.24) is 0 Å². The Hall–Kier alpha value is 2.35. The molecule has 0 saturated carbocycles. The van der Waals surface area contributed by atoms with Gasteiger partial charge in [-0.3, -0.25) is 4.79 Å². The molecule has 0 unspecified atom stereocenters. The zero-order chi connectivity index (χ0) is 21.3. The lowest BCUT2D eigenvalue weighted by molar-refractivity contribution is -0.289. The van der Waals surface area contributed by atoms with Gasteiger partial charge < -0.3 is 5.11 Å². The van der Waals surface area contributed by atoms with Crippen LogP contribution in [-0.2, 0) is 14.6 Å². The summed E-state index contributed by atoms with van der Waals surface area (Å²) in [6, 6.07) is 0. The molecule has 0 radical (unpaired) electrons. The first kappa shape index (κ1) is 31.4. The van der Waals surface area contributed by atoms with Gasteiger partial charge in [0.05, 0.1) is 19.2 Å². The number of carbonyl (C=O) groups excluding carboxylic acids is 1. The van der Waals surface area contributed by atoms with Gasteiger partial charge in [0.15, 0.2) is 5.12 Å². The van der Waals surface area contributed by atoms with Crippen molar-refractivity contribution in [2.75, 3.05) is 74.0 Å². The highest BCUT2D eigenvalue weighted by molar-refractivity contribution is 8.23. The Labute approximate surface area is 211 Å². The zero-order valence-electron chi connectivity index (χ0n) is 17.0. The summed E-state index contributed by atoms with van der Waals surface area (Å²) < 4.78 is 0. The maximum Gasteiger partial charge on any atom is 0.189 e. The van der Waals surface area contributed by atoms with Gasteiger partial charge in [0, 0.05) is 49.8 Å². The van der Waals surface area contributed by atoms with Gasteiger partial charge in [-0.25, -0.2) is 9.78 Å². The summed E-state index contributed by atoms with van der Waals surface area (Å²) in [5.41, 5.74) is 0. The van der Waals surface area contributed by atoms with Crippen LogP contribution >= 0.6 is 94.1 Å². The third-order valence-electron chi connectivity index (χ3n) is 2.81. The molecule has 0 aliphatic heterocycles. The fourth-order valence-electron chi connectivity index (χ4n) is 1.50. The Morgan fingerprint density at radius 1 is 0.724 bits per heavy atom. The van der Waals surface area contributed by atoms with Crippen molar-refractivity contribution in [3.8, 4) is 0 Å². The summed E-state index contributed by atoms with van der Waals surface area (Å²) in [6.45, 7) is 3.32. The van der Waals surface area contributed by atoms with Crippen LogP contribution in [0, 0.1) is 0 Å². The second-order valence-corrected chi connectivity index (χ2v) is 15.4. The average molecular weight is 559 g/mol. The lowest BCUT2D eigenvalue weighted by atomic mass is 10.5. The molecule has 0 aliphatic carbocycles. The van der Waals surface area contributed by atoms with Crippen LogP contribution in [0.2, 0.25) is 0 Å². The normalized spacial score (nSPS) is 11.2. The van der Waals surface area contributed by atoms with E-state index in [1.165, 1.54) is 34.4 Å². The first-order chi connectivity index (χ1) is 14.3. The molecule has 0 fully saturated rings. The molecule has 0 bridgehead atoms. The Morgan fingerprint density at radius 2 is 1.38 bits per heavy atom. The SMILES string of the molecule is CCSCSCSCCSC(=O)CCSCSCSCCCOOCCSCO. The van der Waals surface area contributed by atoms with Gasteiger partial charge in [-0.1, -0.05) is 18.7 Å². The summed E-state index contributed by atoms with van der Waals surface area (Å²) in [4.78, 5) is 21.9. The van der Waals surface area contributed by atoms with Crippen LogP contribution in [0.5, 0.6) is 0 Å². The molecule has 12 heteroatoms. The van der Waals surface area contributed by atoms with E-state index in [0.29, 0.717) is 24.7 Å². The van der Waals surface area contributed by atoms with E-state index in [9.17, 15) is 4.79 Å². The van der Waals surface area contributed by atoms with E-state index in [-0.39, 0.29) is 5.94 Å². The van der Waals surface area contributed by atoms with Crippen molar-refractivity contribution < 1.29 is 19.7 Å².